The molecule has 1 aromatic carbocycles. The molecule has 1 aliphatic heterocycles. The molecular formula is C16H20ClNO3. The first-order chi connectivity index (χ1) is 10.1. The quantitative estimate of drug-likeness (QED) is 0.685. The zero-order chi connectivity index (χ0) is 14.9. The average molecular weight is 310 g/mol. The number of rotatable bonds is 3. The summed E-state index contributed by atoms with van der Waals surface area (Å²) < 4.78 is 11.5. The lowest BCUT2D eigenvalue weighted by atomic mass is 9.98. The van der Waals surface area contributed by atoms with E-state index in [2.05, 4.69) is 0 Å². The number of esters is 1. The van der Waals surface area contributed by atoms with Crippen molar-refractivity contribution in [2.75, 3.05) is 12.3 Å². The van der Waals surface area contributed by atoms with Crippen molar-refractivity contribution in [3.63, 3.8) is 0 Å². The summed E-state index contributed by atoms with van der Waals surface area (Å²) in [5, 5.41) is 0.319. The summed E-state index contributed by atoms with van der Waals surface area (Å²) >= 11 is 6.01. The molecule has 1 heterocycles. The minimum atomic E-state index is -0.478. The number of carbonyl (C=O) groups is 1. The number of hydrogen-bond donors (Lipinski definition) is 1. The highest BCUT2D eigenvalue weighted by Crippen LogP contribution is 2.43. The van der Waals surface area contributed by atoms with E-state index in [0.717, 1.165) is 25.7 Å². The Bertz CT molecular complexity index is 520. The van der Waals surface area contributed by atoms with Gasteiger partial charge in [-0.2, -0.15) is 0 Å². The minimum Gasteiger partial charge on any atom is -0.459 e. The Morgan fingerprint density at radius 1 is 1.38 bits per heavy atom. The van der Waals surface area contributed by atoms with Gasteiger partial charge in [0.1, 0.15) is 12.2 Å². The molecule has 0 bridgehead atoms. The number of benzene rings is 1. The van der Waals surface area contributed by atoms with Crippen molar-refractivity contribution in [1.29, 1.82) is 0 Å². The monoisotopic (exact) mass is 309 g/mol. The van der Waals surface area contributed by atoms with Gasteiger partial charge >= 0.3 is 5.97 Å². The molecule has 1 saturated heterocycles. The zero-order valence-electron chi connectivity index (χ0n) is 11.9. The van der Waals surface area contributed by atoms with E-state index in [0.29, 0.717) is 10.7 Å². The molecule has 1 aromatic rings. The van der Waals surface area contributed by atoms with Gasteiger partial charge < -0.3 is 15.2 Å². The van der Waals surface area contributed by atoms with Crippen LogP contribution in [0.5, 0.6) is 0 Å². The molecule has 4 nitrogen and oxygen atoms in total. The number of anilines is 1. The molecule has 2 fully saturated rings. The fourth-order valence-corrected chi connectivity index (χ4v) is 3.66. The molecule has 2 aliphatic rings. The van der Waals surface area contributed by atoms with Gasteiger partial charge in [-0.15, -0.1) is 0 Å². The van der Waals surface area contributed by atoms with Crippen LogP contribution in [-0.2, 0) is 9.47 Å². The van der Waals surface area contributed by atoms with Gasteiger partial charge in [-0.1, -0.05) is 30.5 Å². The summed E-state index contributed by atoms with van der Waals surface area (Å²) in [5.74, 6) is -0.478. The number of halogens is 1. The van der Waals surface area contributed by atoms with Crippen LogP contribution < -0.4 is 5.73 Å². The predicted molar refractivity (Wildman–Crippen MR) is 81.5 cm³/mol. The largest absolute Gasteiger partial charge is 0.459 e. The number of hydrogen-bond acceptors (Lipinski definition) is 4. The summed E-state index contributed by atoms with van der Waals surface area (Å²) in [4.78, 5) is 12.1. The number of nitrogen functional groups attached to an aromatic ring is 1. The van der Waals surface area contributed by atoms with Crippen molar-refractivity contribution in [1.82, 2.24) is 0 Å². The summed E-state index contributed by atoms with van der Waals surface area (Å²) in [6, 6.07) is 4.98. The van der Waals surface area contributed by atoms with Gasteiger partial charge in [0.2, 0.25) is 0 Å². The maximum atomic E-state index is 12.1. The second-order valence-corrected chi connectivity index (χ2v) is 6.38. The van der Waals surface area contributed by atoms with Crippen LogP contribution in [0.2, 0.25) is 5.02 Å². The van der Waals surface area contributed by atoms with Crippen LogP contribution in [0.3, 0.4) is 0 Å². The van der Waals surface area contributed by atoms with Gasteiger partial charge in [-0.3, -0.25) is 0 Å². The van der Waals surface area contributed by atoms with Crippen molar-refractivity contribution < 1.29 is 14.3 Å². The Balaban J connectivity index is 1.57. The normalized spacial score (nSPS) is 23.6. The highest BCUT2D eigenvalue weighted by atomic mass is 35.5. The van der Waals surface area contributed by atoms with E-state index in [9.17, 15) is 4.79 Å². The van der Waals surface area contributed by atoms with E-state index in [1.165, 1.54) is 12.8 Å². The Labute approximate surface area is 129 Å². The summed E-state index contributed by atoms with van der Waals surface area (Å²) in [7, 11) is 0. The van der Waals surface area contributed by atoms with Crippen molar-refractivity contribution in [3.05, 3.63) is 28.8 Å². The van der Waals surface area contributed by atoms with Crippen LogP contribution in [0.25, 0.3) is 0 Å². The SMILES string of the molecule is Nc1cccc(Cl)c1C(=O)OCC1CCC2(CCCC2)O1. The molecule has 1 aliphatic carbocycles. The smallest absolute Gasteiger partial charge is 0.341 e. The third-order valence-electron chi connectivity index (χ3n) is 4.50. The van der Waals surface area contributed by atoms with E-state index in [1.54, 1.807) is 18.2 Å². The second-order valence-electron chi connectivity index (χ2n) is 5.97. The molecule has 0 aromatic heterocycles. The van der Waals surface area contributed by atoms with E-state index < -0.39 is 5.97 Å². The van der Waals surface area contributed by atoms with E-state index in [1.807, 2.05) is 0 Å². The molecule has 114 valence electrons. The standard InChI is InChI=1S/C16H20ClNO3/c17-12-4-3-5-13(18)14(12)15(19)20-10-11-6-9-16(21-11)7-1-2-8-16/h3-5,11H,1-2,6-10,18H2. The number of ether oxygens (including phenoxy) is 2. The Morgan fingerprint density at radius 3 is 2.86 bits per heavy atom. The van der Waals surface area contributed by atoms with Crippen molar-refractivity contribution in [3.8, 4) is 0 Å². The van der Waals surface area contributed by atoms with Crippen molar-refractivity contribution >= 4 is 23.3 Å². The molecule has 0 amide bonds. The van der Waals surface area contributed by atoms with Gasteiger partial charge in [0.05, 0.1) is 16.7 Å². The lowest BCUT2D eigenvalue weighted by molar-refractivity contribution is -0.0597. The molecule has 1 atom stereocenters. The van der Waals surface area contributed by atoms with Crippen molar-refractivity contribution in [2.24, 2.45) is 0 Å². The topological polar surface area (TPSA) is 61.6 Å². The maximum absolute atomic E-state index is 12.1. The first-order valence-electron chi connectivity index (χ1n) is 7.49. The molecular weight excluding hydrogens is 290 g/mol. The Hall–Kier alpha value is -1.26. The first kappa shape index (κ1) is 14.7. The fraction of sp³-hybridized carbons (Fsp3) is 0.562. The summed E-state index contributed by atoms with van der Waals surface area (Å²) in [6.45, 7) is 0.269. The van der Waals surface area contributed by atoms with Gasteiger partial charge in [0, 0.05) is 5.69 Å². The molecule has 3 rings (SSSR count). The van der Waals surface area contributed by atoms with Gasteiger partial charge in [-0.25, -0.2) is 4.79 Å². The molecule has 21 heavy (non-hydrogen) atoms. The highest BCUT2D eigenvalue weighted by molar-refractivity contribution is 6.34. The fourth-order valence-electron chi connectivity index (χ4n) is 3.40. The zero-order valence-corrected chi connectivity index (χ0v) is 12.7. The summed E-state index contributed by atoms with van der Waals surface area (Å²) in [6.07, 6.45) is 6.76. The van der Waals surface area contributed by atoms with Gasteiger partial charge in [0.25, 0.3) is 0 Å². The van der Waals surface area contributed by atoms with Crippen LogP contribution in [0.4, 0.5) is 5.69 Å². The number of carbonyl (C=O) groups excluding carboxylic acids is 1. The highest BCUT2D eigenvalue weighted by Gasteiger charge is 2.42. The Kier molecular flexibility index (Phi) is 4.09. The van der Waals surface area contributed by atoms with Crippen LogP contribution in [0.15, 0.2) is 18.2 Å². The average Bonchev–Trinajstić information content (AvgIpc) is 3.07. The van der Waals surface area contributed by atoms with E-state index in [4.69, 9.17) is 26.8 Å². The van der Waals surface area contributed by atoms with Crippen LogP contribution in [0, 0.1) is 0 Å². The van der Waals surface area contributed by atoms with Crippen LogP contribution in [-0.4, -0.2) is 24.3 Å². The van der Waals surface area contributed by atoms with Crippen molar-refractivity contribution in [2.45, 2.75) is 50.2 Å². The molecule has 0 radical (unpaired) electrons. The summed E-state index contributed by atoms with van der Waals surface area (Å²) in [5.41, 5.74) is 6.42. The molecule has 1 spiro atoms. The van der Waals surface area contributed by atoms with E-state index in [-0.39, 0.29) is 23.9 Å². The molecule has 1 unspecified atom stereocenters. The Morgan fingerprint density at radius 2 is 2.14 bits per heavy atom. The molecule has 2 N–H and O–H groups in total. The van der Waals surface area contributed by atoms with Gasteiger partial charge in [0.15, 0.2) is 0 Å². The third kappa shape index (κ3) is 3.01. The predicted octanol–water partition coefficient (Wildman–Crippen LogP) is 3.57. The van der Waals surface area contributed by atoms with Crippen LogP contribution in [0.1, 0.15) is 48.9 Å². The first-order valence-corrected chi connectivity index (χ1v) is 7.86. The third-order valence-corrected chi connectivity index (χ3v) is 4.82. The minimum absolute atomic E-state index is 0.00392. The maximum Gasteiger partial charge on any atom is 0.341 e. The second kappa shape index (κ2) is 5.85. The van der Waals surface area contributed by atoms with E-state index >= 15 is 0 Å². The molecule has 5 heteroatoms. The number of nitrogens with two attached hydrogens (primary N) is 1. The van der Waals surface area contributed by atoms with Crippen LogP contribution >= 0.6 is 11.6 Å². The molecule has 1 saturated carbocycles. The lowest BCUT2D eigenvalue weighted by Gasteiger charge is -2.23. The van der Waals surface area contributed by atoms with Gasteiger partial charge in [-0.05, 0) is 37.8 Å². The lowest BCUT2D eigenvalue weighted by Crippen LogP contribution is -2.27.